The molecule has 1 aromatic heterocycles. The van der Waals surface area contributed by atoms with Gasteiger partial charge >= 0.3 is 5.97 Å². The number of ether oxygens (including phenoxy) is 1. The first kappa shape index (κ1) is 22.1. The minimum Gasteiger partial charge on any atom is -0.462 e. The Morgan fingerprint density at radius 1 is 0.821 bits per heavy atom. The third kappa shape index (κ3) is 7.79. The maximum absolute atomic E-state index is 12.1. The van der Waals surface area contributed by atoms with Gasteiger partial charge in [-0.1, -0.05) is 70.9 Å². The second kappa shape index (κ2) is 13.0. The van der Waals surface area contributed by atoms with E-state index in [4.69, 9.17) is 4.74 Å². The summed E-state index contributed by atoms with van der Waals surface area (Å²) in [5, 5.41) is 0. The first-order valence-electron chi connectivity index (χ1n) is 10.8. The normalized spacial score (nSPS) is 10.8. The molecule has 1 aromatic carbocycles. The maximum Gasteiger partial charge on any atom is 0.338 e. The largest absolute Gasteiger partial charge is 0.462 e. The van der Waals surface area contributed by atoms with Crippen molar-refractivity contribution < 1.29 is 9.53 Å². The number of carbonyl (C=O) groups excluding carboxylic acids is 1. The van der Waals surface area contributed by atoms with Crippen LogP contribution in [0.5, 0.6) is 0 Å². The van der Waals surface area contributed by atoms with E-state index < -0.39 is 0 Å². The number of rotatable bonds is 13. The van der Waals surface area contributed by atoms with Crippen molar-refractivity contribution in [2.75, 3.05) is 6.61 Å². The molecule has 0 bridgehead atoms. The summed E-state index contributed by atoms with van der Waals surface area (Å²) >= 11 is 0. The molecular weight excluding hydrogens is 348 g/mol. The van der Waals surface area contributed by atoms with Gasteiger partial charge in [-0.15, -0.1) is 0 Å². The van der Waals surface area contributed by atoms with Gasteiger partial charge < -0.3 is 4.74 Å². The van der Waals surface area contributed by atoms with Crippen LogP contribution in [0.25, 0.3) is 11.4 Å². The smallest absolute Gasteiger partial charge is 0.338 e. The van der Waals surface area contributed by atoms with Crippen LogP contribution in [0.2, 0.25) is 0 Å². The molecule has 0 N–H and O–H groups in total. The van der Waals surface area contributed by atoms with Gasteiger partial charge in [0.15, 0.2) is 5.82 Å². The van der Waals surface area contributed by atoms with Gasteiger partial charge in [0.2, 0.25) is 0 Å². The second-order valence-corrected chi connectivity index (χ2v) is 7.35. The van der Waals surface area contributed by atoms with Crippen LogP contribution >= 0.6 is 0 Å². The molecule has 2 aromatic rings. The average Bonchev–Trinajstić information content (AvgIpc) is 2.74. The summed E-state index contributed by atoms with van der Waals surface area (Å²) in [6.07, 6.45) is 15.6. The second-order valence-electron chi connectivity index (χ2n) is 7.35. The highest BCUT2D eigenvalue weighted by atomic mass is 16.5. The van der Waals surface area contributed by atoms with Gasteiger partial charge in [-0.25, -0.2) is 14.8 Å². The lowest BCUT2D eigenvalue weighted by Crippen LogP contribution is -2.06. The number of nitrogens with zero attached hydrogens (tertiary/aromatic N) is 2. The summed E-state index contributed by atoms with van der Waals surface area (Å²) in [5.41, 5.74) is 2.67. The molecule has 0 saturated heterocycles. The van der Waals surface area contributed by atoms with Crippen LogP contribution in [-0.4, -0.2) is 22.5 Å². The molecular formula is C24H34N2O2. The standard InChI is InChI=1S/C24H34N2O2/c1-3-5-7-9-10-12-20-18-25-23(26-19-20)21-13-15-22(16-14-21)24(27)28-17-11-8-6-4-2/h13-16,18-19H,3-12,17H2,1-2H3. The van der Waals surface area contributed by atoms with Crippen LogP contribution in [-0.2, 0) is 11.2 Å². The highest BCUT2D eigenvalue weighted by Crippen LogP contribution is 2.17. The summed E-state index contributed by atoms with van der Waals surface area (Å²) in [4.78, 5) is 21.1. The van der Waals surface area contributed by atoms with Crippen molar-refractivity contribution in [2.45, 2.75) is 78.1 Å². The number of hydrogen-bond donors (Lipinski definition) is 0. The SMILES string of the molecule is CCCCCCCc1cnc(-c2ccc(C(=O)OCCCCCC)cc2)nc1. The molecule has 4 nitrogen and oxygen atoms in total. The third-order valence-electron chi connectivity index (χ3n) is 4.88. The molecule has 0 saturated carbocycles. The van der Waals surface area contributed by atoms with E-state index in [1.807, 2.05) is 24.5 Å². The molecule has 0 fully saturated rings. The molecule has 28 heavy (non-hydrogen) atoms. The minimum absolute atomic E-state index is 0.262. The van der Waals surface area contributed by atoms with Crippen LogP contribution in [0.1, 0.15) is 87.6 Å². The van der Waals surface area contributed by atoms with E-state index in [0.717, 1.165) is 24.8 Å². The minimum atomic E-state index is -0.262. The first-order valence-corrected chi connectivity index (χ1v) is 10.8. The van der Waals surface area contributed by atoms with Crippen molar-refractivity contribution >= 4 is 5.97 Å². The van der Waals surface area contributed by atoms with Gasteiger partial charge in [-0.05, 0) is 37.0 Å². The van der Waals surface area contributed by atoms with Gasteiger partial charge in [-0.3, -0.25) is 0 Å². The molecule has 0 atom stereocenters. The quantitative estimate of drug-likeness (QED) is 0.297. The molecule has 0 amide bonds. The zero-order valence-corrected chi connectivity index (χ0v) is 17.5. The molecule has 0 aliphatic heterocycles. The van der Waals surface area contributed by atoms with Crippen molar-refractivity contribution in [3.05, 3.63) is 47.8 Å². The van der Waals surface area contributed by atoms with Crippen LogP contribution in [0.4, 0.5) is 0 Å². The molecule has 0 aliphatic carbocycles. The van der Waals surface area contributed by atoms with Crippen LogP contribution in [0.3, 0.4) is 0 Å². The molecule has 1 heterocycles. The molecule has 2 rings (SSSR count). The topological polar surface area (TPSA) is 52.1 Å². The Kier molecular flexibility index (Phi) is 10.3. The van der Waals surface area contributed by atoms with Crippen molar-refractivity contribution in [3.8, 4) is 11.4 Å². The monoisotopic (exact) mass is 382 g/mol. The fourth-order valence-electron chi connectivity index (χ4n) is 3.10. The van der Waals surface area contributed by atoms with Gasteiger partial charge in [0, 0.05) is 18.0 Å². The Balaban J connectivity index is 1.81. The molecule has 0 unspecified atom stereocenters. The molecule has 0 spiro atoms. The zero-order valence-electron chi connectivity index (χ0n) is 17.5. The fraction of sp³-hybridized carbons (Fsp3) is 0.542. The van der Waals surface area contributed by atoms with E-state index in [9.17, 15) is 4.79 Å². The number of unbranched alkanes of at least 4 members (excludes halogenated alkanes) is 7. The van der Waals surface area contributed by atoms with E-state index >= 15 is 0 Å². The van der Waals surface area contributed by atoms with Gasteiger partial charge in [0.05, 0.1) is 12.2 Å². The number of aromatic nitrogens is 2. The van der Waals surface area contributed by atoms with E-state index in [2.05, 4.69) is 23.8 Å². The number of benzene rings is 1. The Morgan fingerprint density at radius 2 is 1.43 bits per heavy atom. The van der Waals surface area contributed by atoms with Crippen molar-refractivity contribution in [1.82, 2.24) is 9.97 Å². The van der Waals surface area contributed by atoms with Crippen LogP contribution in [0, 0.1) is 0 Å². The fourth-order valence-corrected chi connectivity index (χ4v) is 3.10. The van der Waals surface area contributed by atoms with Crippen molar-refractivity contribution in [1.29, 1.82) is 0 Å². The lowest BCUT2D eigenvalue weighted by atomic mass is 10.1. The Labute approximate surface area is 169 Å². The summed E-state index contributed by atoms with van der Waals surface area (Å²) < 4.78 is 5.33. The number of aryl methyl sites for hydroxylation is 1. The van der Waals surface area contributed by atoms with Gasteiger partial charge in [0.1, 0.15) is 0 Å². The van der Waals surface area contributed by atoms with E-state index in [0.29, 0.717) is 18.0 Å². The first-order chi connectivity index (χ1) is 13.7. The Hall–Kier alpha value is -2.23. The lowest BCUT2D eigenvalue weighted by molar-refractivity contribution is 0.0498. The predicted octanol–water partition coefficient (Wildman–Crippen LogP) is 6.39. The average molecular weight is 383 g/mol. The molecule has 152 valence electrons. The predicted molar refractivity (Wildman–Crippen MR) is 114 cm³/mol. The van der Waals surface area contributed by atoms with Crippen LogP contribution < -0.4 is 0 Å². The van der Waals surface area contributed by atoms with E-state index in [1.165, 1.54) is 50.5 Å². The van der Waals surface area contributed by atoms with Crippen molar-refractivity contribution in [3.63, 3.8) is 0 Å². The summed E-state index contributed by atoms with van der Waals surface area (Å²) in [6, 6.07) is 7.34. The highest BCUT2D eigenvalue weighted by Gasteiger charge is 2.08. The molecule has 0 radical (unpaired) electrons. The Morgan fingerprint density at radius 3 is 2.07 bits per heavy atom. The number of esters is 1. The van der Waals surface area contributed by atoms with E-state index in [-0.39, 0.29) is 5.97 Å². The number of hydrogen-bond acceptors (Lipinski definition) is 4. The highest BCUT2D eigenvalue weighted by molar-refractivity contribution is 5.89. The molecule has 0 aliphatic rings. The Bertz CT molecular complexity index is 681. The lowest BCUT2D eigenvalue weighted by Gasteiger charge is -2.06. The zero-order chi connectivity index (χ0) is 20.0. The summed E-state index contributed by atoms with van der Waals surface area (Å²) in [7, 11) is 0. The number of carbonyl (C=O) groups is 1. The summed E-state index contributed by atoms with van der Waals surface area (Å²) in [6.45, 7) is 4.89. The maximum atomic E-state index is 12.1. The van der Waals surface area contributed by atoms with Crippen LogP contribution in [0.15, 0.2) is 36.7 Å². The van der Waals surface area contributed by atoms with Crippen molar-refractivity contribution in [2.24, 2.45) is 0 Å². The summed E-state index contributed by atoms with van der Waals surface area (Å²) in [5.74, 6) is 0.427. The van der Waals surface area contributed by atoms with Gasteiger partial charge in [0.25, 0.3) is 0 Å². The third-order valence-corrected chi connectivity index (χ3v) is 4.88. The van der Waals surface area contributed by atoms with Gasteiger partial charge in [-0.2, -0.15) is 0 Å². The molecule has 4 heteroatoms. The van der Waals surface area contributed by atoms with E-state index in [1.54, 1.807) is 12.1 Å².